The first kappa shape index (κ1) is 20.4. The van der Waals surface area contributed by atoms with Gasteiger partial charge in [0.25, 0.3) is 0 Å². The van der Waals surface area contributed by atoms with Gasteiger partial charge in [-0.15, -0.1) is 0 Å². The lowest BCUT2D eigenvalue weighted by Crippen LogP contribution is -2.43. The number of nitrogens with zero attached hydrogens (tertiary/aromatic N) is 1. The van der Waals surface area contributed by atoms with Gasteiger partial charge in [0.15, 0.2) is 0 Å². The quantitative estimate of drug-likeness (QED) is 0.796. The molecule has 0 saturated carbocycles. The van der Waals surface area contributed by atoms with Gasteiger partial charge >= 0.3 is 11.9 Å². The Morgan fingerprint density at radius 2 is 1.55 bits per heavy atom. The van der Waals surface area contributed by atoms with E-state index in [0.717, 1.165) is 16.9 Å². The van der Waals surface area contributed by atoms with Crippen molar-refractivity contribution < 1.29 is 23.9 Å². The van der Waals surface area contributed by atoms with Crippen molar-refractivity contribution in [2.75, 3.05) is 24.4 Å². The summed E-state index contributed by atoms with van der Waals surface area (Å²) in [4.78, 5) is 37.6. The second-order valence-electron chi connectivity index (χ2n) is 7.00. The van der Waals surface area contributed by atoms with E-state index in [1.54, 1.807) is 47.4 Å². The van der Waals surface area contributed by atoms with Gasteiger partial charge in [0.1, 0.15) is 0 Å². The second-order valence-corrected chi connectivity index (χ2v) is 7.00. The van der Waals surface area contributed by atoms with Gasteiger partial charge in [-0.3, -0.25) is 4.79 Å². The van der Waals surface area contributed by atoms with Crippen molar-refractivity contribution in [1.82, 2.24) is 0 Å². The Morgan fingerprint density at radius 1 is 0.966 bits per heavy atom. The zero-order chi connectivity index (χ0) is 21.1. The molecular weight excluding hydrogens is 372 g/mol. The first-order chi connectivity index (χ1) is 13.8. The Labute approximate surface area is 169 Å². The molecule has 2 aromatic carbocycles. The van der Waals surface area contributed by atoms with Crippen LogP contribution in [0.25, 0.3) is 0 Å². The highest BCUT2D eigenvalue weighted by Gasteiger charge is 2.33. The van der Waals surface area contributed by atoms with E-state index in [1.807, 2.05) is 6.92 Å². The molecule has 152 valence electrons. The molecule has 1 amide bonds. The molecule has 2 aromatic rings. The number of esters is 2. The van der Waals surface area contributed by atoms with E-state index in [0.29, 0.717) is 17.5 Å². The number of nitrogens with one attached hydrogen (secondary N) is 1. The highest BCUT2D eigenvalue weighted by Crippen LogP contribution is 2.39. The maximum Gasteiger partial charge on any atom is 0.337 e. The number of benzene rings is 2. The molecule has 2 atom stereocenters. The standard InChI is InChI=1S/C22H24N2O5/c1-13-11-19(23-17-8-5-15(6-9-17)21(26)28-3)18-12-16(22(27)29-4)7-10-20(18)24(13)14(2)25/h5-10,12-13,19,23H,11H2,1-4H3. The average Bonchev–Trinajstić information content (AvgIpc) is 2.72. The third-order valence-corrected chi connectivity index (χ3v) is 5.09. The van der Waals surface area contributed by atoms with Gasteiger partial charge in [0.2, 0.25) is 5.91 Å². The average molecular weight is 396 g/mol. The van der Waals surface area contributed by atoms with Crippen LogP contribution in [0.15, 0.2) is 42.5 Å². The smallest absolute Gasteiger partial charge is 0.337 e. The Morgan fingerprint density at radius 3 is 2.14 bits per heavy atom. The number of hydrogen-bond donors (Lipinski definition) is 1. The second kappa shape index (κ2) is 8.34. The summed E-state index contributed by atoms with van der Waals surface area (Å²) in [5.74, 6) is -0.875. The summed E-state index contributed by atoms with van der Waals surface area (Å²) in [6.45, 7) is 3.53. The molecule has 0 aliphatic carbocycles. The normalized spacial score (nSPS) is 17.9. The van der Waals surface area contributed by atoms with Gasteiger partial charge in [-0.2, -0.15) is 0 Å². The Kier molecular flexibility index (Phi) is 5.87. The summed E-state index contributed by atoms with van der Waals surface area (Å²) in [5, 5.41) is 3.45. The summed E-state index contributed by atoms with van der Waals surface area (Å²) >= 11 is 0. The summed E-state index contributed by atoms with van der Waals surface area (Å²) in [7, 11) is 2.68. The van der Waals surface area contributed by atoms with Gasteiger partial charge < -0.3 is 19.7 Å². The van der Waals surface area contributed by atoms with Crippen LogP contribution in [0.4, 0.5) is 11.4 Å². The van der Waals surface area contributed by atoms with Crippen molar-refractivity contribution in [3.05, 3.63) is 59.2 Å². The van der Waals surface area contributed by atoms with Crippen molar-refractivity contribution in [2.45, 2.75) is 32.4 Å². The highest BCUT2D eigenvalue weighted by molar-refractivity contribution is 5.96. The number of rotatable bonds is 4. The fraction of sp³-hybridized carbons (Fsp3) is 0.318. The third kappa shape index (κ3) is 4.08. The fourth-order valence-corrected chi connectivity index (χ4v) is 3.75. The maximum absolute atomic E-state index is 12.2. The first-order valence-corrected chi connectivity index (χ1v) is 9.32. The largest absolute Gasteiger partial charge is 0.465 e. The number of carbonyl (C=O) groups is 3. The topological polar surface area (TPSA) is 84.9 Å². The van der Waals surface area contributed by atoms with E-state index < -0.39 is 11.9 Å². The summed E-state index contributed by atoms with van der Waals surface area (Å²) in [6.07, 6.45) is 0.663. The highest BCUT2D eigenvalue weighted by atomic mass is 16.5. The molecule has 0 bridgehead atoms. The summed E-state index contributed by atoms with van der Waals surface area (Å²) in [5.41, 5.74) is 3.33. The van der Waals surface area contributed by atoms with Crippen LogP contribution in [0.1, 0.15) is 52.6 Å². The van der Waals surface area contributed by atoms with E-state index in [-0.39, 0.29) is 18.0 Å². The van der Waals surface area contributed by atoms with E-state index >= 15 is 0 Å². The van der Waals surface area contributed by atoms with Crippen molar-refractivity contribution in [2.24, 2.45) is 0 Å². The maximum atomic E-state index is 12.2. The van der Waals surface area contributed by atoms with Crippen LogP contribution in [0.3, 0.4) is 0 Å². The van der Waals surface area contributed by atoms with Gasteiger partial charge in [0, 0.05) is 24.3 Å². The molecule has 1 N–H and O–H groups in total. The number of fused-ring (bicyclic) bond motifs is 1. The van der Waals surface area contributed by atoms with Gasteiger partial charge in [-0.1, -0.05) is 0 Å². The van der Waals surface area contributed by atoms with Crippen LogP contribution in [-0.2, 0) is 14.3 Å². The van der Waals surface area contributed by atoms with Crippen LogP contribution in [0, 0.1) is 0 Å². The molecule has 1 aliphatic rings. The number of amides is 1. The van der Waals surface area contributed by atoms with Gasteiger partial charge in [0.05, 0.1) is 31.4 Å². The lowest BCUT2D eigenvalue weighted by atomic mass is 9.90. The monoisotopic (exact) mass is 396 g/mol. The van der Waals surface area contributed by atoms with Crippen molar-refractivity contribution in [3.8, 4) is 0 Å². The van der Waals surface area contributed by atoms with Crippen molar-refractivity contribution in [1.29, 1.82) is 0 Å². The SMILES string of the molecule is COC(=O)c1ccc(NC2CC(C)N(C(C)=O)c3ccc(C(=O)OC)cc32)cc1. The number of ether oxygens (including phenoxy) is 2. The minimum absolute atomic E-state index is 0.0178. The van der Waals surface area contributed by atoms with Crippen molar-refractivity contribution >= 4 is 29.2 Å². The minimum atomic E-state index is -0.429. The molecule has 3 rings (SSSR count). The minimum Gasteiger partial charge on any atom is -0.465 e. The molecule has 29 heavy (non-hydrogen) atoms. The third-order valence-electron chi connectivity index (χ3n) is 5.09. The fourth-order valence-electron chi connectivity index (χ4n) is 3.75. The van der Waals surface area contributed by atoms with Gasteiger partial charge in [-0.05, 0) is 61.4 Å². The lowest BCUT2D eigenvalue weighted by Gasteiger charge is -2.39. The molecule has 0 aromatic heterocycles. The molecule has 0 radical (unpaired) electrons. The van der Waals surface area contributed by atoms with Crippen LogP contribution < -0.4 is 10.2 Å². The molecule has 2 unspecified atom stereocenters. The van der Waals surface area contributed by atoms with Crippen LogP contribution in [0.2, 0.25) is 0 Å². The molecule has 1 aliphatic heterocycles. The van der Waals surface area contributed by atoms with Gasteiger partial charge in [-0.25, -0.2) is 9.59 Å². The Hall–Kier alpha value is -3.35. The Bertz CT molecular complexity index is 939. The molecule has 1 heterocycles. The number of hydrogen-bond acceptors (Lipinski definition) is 6. The Balaban J connectivity index is 1.97. The lowest BCUT2D eigenvalue weighted by molar-refractivity contribution is -0.117. The van der Waals surface area contributed by atoms with E-state index in [9.17, 15) is 14.4 Å². The molecule has 0 saturated heterocycles. The molecule has 7 nitrogen and oxygen atoms in total. The van der Waals surface area contributed by atoms with Crippen LogP contribution in [-0.4, -0.2) is 38.1 Å². The number of anilines is 2. The first-order valence-electron chi connectivity index (χ1n) is 9.32. The molecule has 0 spiro atoms. The number of methoxy groups -OCH3 is 2. The van der Waals surface area contributed by atoms with E-state index in [4.69, 9.17) is 9.47 Å². The molecule has 7 heteroatoms. The summed E-state index contributed by atoms with van der Waals surface area (Å²) < 4.78 is 9.57. The zero-order valence-corrected chi connectivity index (χ0v) is 16.9. The summed E-state index contributed by atoms with van der Waals surface area (Å²) in [6, 6.07) is 12.1. The molecular formula is C22H24N2O5. The van der Waals surface area contributed by atoms with E-state index in [1.165, 1.54) is 21.1 Å². The molecule has 0 fully saturated rings. The number of carbonyl (C=O) groups excluding carboxylic acids is 3. The van der Waals surface area contributed by atoms with Crippen LogP contribution >= 0.6 is 0 Å². The van der Waals surface area contributed by atoms with Crippen LogP contribution in [0.5, 0.6) is 0 Å². The van der Waals surface area contributed by atoms with E-state index in [2.05, 4.69) is 5.32 Å². The van der Waals surface area contributed by atoms with Crippen molar-refractivity contribution in [3.63, 3.8) is 0 Å². The zero-order valence-electron chi connectivity index (χ0n) is 16.9. The predicted molar refractivity (Wildman–Crippen MR) is 109 cm³/mol. The predicted octanol–water partition coefficient (Wildman–Crippen LogP) is 3.56.